The number of anilines is 1. The second-order valence-corrected chi connectivity index (χ2v) is 6.44. The number of piperidine rings is 1. The van der Waals surface area contributed by atoms with Crippen molar-refractivity contribution in [2.24, 2.45) is 5.92 Å². The summed E-state index contributed by atoms with van der Waals surface area (Å²) in [5.74, 6) is 0.991. The van der Waals surface area contributed by atoms with Crippen LogP contribution in [0.2, 0.25) is 0 Å². The van der Waals surface area contributed by atoms with Crippen LogP contribution in [0.3, 0.4) is 0 Å². The van der Waals surface area contributed by atoms with E-state index in [4.69, 9.17) is 0 Å². The van der Waals surface area contributed by atoms with Crippen LogP contribution < -0.4 is 10.6 Å². The van der Waals surface area contributed by atoms with E-state index in [0.717, 1.165) is 24.3 Å². The number of phenols is 1. The van der Waals surface area contributed by atoms with Crippen molar-refractivity contribution in [1.29, 1.82) is 0 Å². The van der Waals surface area contributed by atoms with E-state index >= 15 is 0 Å². The van der Waals surface area contributed by atoms with Crippen molar-refractivity contribution < 1.29 is 9.90 Å². The highest BCUT2D eigenvalue weighted by atomic mass is 16.3. The third-order valence-electron chi connectivity index (χ3n) is 4.94. The molecule has 1 saturated carbocycles. The minimum Gasteiger partial charge on any atom is -0.508 e. The standard InChI is InChI=1S/C17H24N2O2/c1-11-6-8-13(10-16(11)20)18-17(21)15-9-7-12-4-2-3-5-14(12)19-15/h6,8,10,12,14-15,19-20H,2-5,7,9H2,1H3,(H,18,21). The smallest absolute Gasteiger partial charge is 0.241 e. The fraction of sp³-hybridized carbons (Fsp3) is 0.588. The van der Waals surface area contributed by atoms with Crippen molar-refractivity contribution in [3.05, 3.63) is 23.8 Å². The summed E-state index contributed by atoms with van der Waals surface area (Å²) in [6.45, 7) is 1.84. The number of aromatic hydroxyl groups is 1. The Balaban J connectivity index is 1.61. The normalized spacial score (nSPS) is 28.7. The molecular weight excluding hydrogens is 264 g/mol. The van der Waals surface area contributed by atoms with Gasteiger partial charge < -0.3 is 15.7 Å². The molecule has 3 N–H and O–H groups in total. The lowest BCUT2D eigenvalue weighted by Crippen LogP contribution is -2.53. The molecule has 4 nitrogen and oxygen atoms in total. The van der Waals surface area contributed by atoms with Gasteiger partial charge >= 0.3 is 0 Å². The predicted molar refractivity (Wildman–Crippen MR) is 83.4 cm³/mol. The quantitative estimate of drug-likeness (QED) is 0.784. The number of nitrogens with one attached hydrogen (secondary N) is 2. The van der Waals surface area contributed by atoms with Crippen molar-refractivity contribution in [1.82, 2.24) is 5.32 Å². The maximum absolute atomic E-state index is 12.4. The molecule has 114 valence electrons. The highest BCUT2D eigenvalue weighted by Crippen LogP contribution is 2.32. The second-order valence-electron chi connectivity index (χ2n) is 6.44. The summed E-state index contributed by atoms with van der Waals surface area (Å²) < 4.78 is 0. The number of amides is 1. The van der Waals surface area contributed by atoms with Gasteiger partial charge in [0.25, 0.3) is 0 Å². The van der Waals surface area contributed by atoms with Crippen molar-refractivity contribution in [2.75, 3.05) is 5.32 Å². The number of hydrogen-bond acceptors (Lipinski definition) is 3. The molecule has 3 unspecified atom stereocenters. The predicted octanol–water partition coefficient (Wildman–Crippen LogP) is 2.95. The van der Waals surface area contributed by atoms with Crippen molar-refractivity contribution in [3.8, 4) is 5.75 Å². The summed E-state index contributed by atoms with van der Waals surface area (Å²) in [6.07, 6.45) is 7.16. The van der Waals surface area contributed by atoms with E-state index in [1.165, 1.54) is 25.7 Å². The lowest BCUT2D eigenvalue weighted by atomic mass is 9.77. The zero-order chi connectivity index (χ0) is 14.8. The number of aryl methyl sites for hydroxylation is 1. The molecule has 1 aromatic rings. The number of hydrogen-bond donors (Lipinski definition) is 3. The van der Waals surface area contributed by atoms with Crippen LogP contribution >= 0.6 is 0 Å². The number of fused-ring (bicyclic) bond motifs is 1. The van der Waals surface area contributed by atoms with E-state index < -0.39 is 0 Å². The Hall–Kier alpha value is -1.55. The largest absolute Gasteiger partial charge is 0.508 e. The van der Waals surface area contributed by atoms with Crippen LogP contribution in [0.1, 0.15) is 44.1 Å². The molecule has 1 aliphatic carbocycles. The zero-order valence-corrected chi connectivity index (χ0v) is 12.6. The Morgan fingerprint density at radius 2 is 2.05 bits per heavy atom. The van der Waals surface area contributed by atoms with Gasteiger partial charge in [-0.1, -0.05) is 18.9 Å². The minimum absolute atomic E-state index is 0.0160. The first kappa shape index (κ1) is 14.4. The van der Waals surface area contributed by atoms with Crippen LogP contribution in [0.5, 0.6) is 5.75 Å². The third-order valence-corrected chi connectivity index (χ3v) is 4.94. The van der Waals surface area contributed by atoms with Gasteiger partial charge in [-0.25, -0.2) is 0 Å². The van der Waals surface area contributed by atoms with Crippen LogP contribution in [0.15, 0.2) is 18.2 Å². The Kier molecular flexibility index (Phi) is 4.15. The van der Waals surface area contributed by atoms with Gasteiger partial charge in [-0.2, -0.15) is 0 Å². The van der Waals surface area contributed by atoms with Gasteiger partial charge in [0.15, 0.2) is 0 Å². The molecule has 0 radical (unpaired) electrons. The van der Waals surface area contributed by atoms with Crippen molar-refractivity contribution in [2.45, 2.75) is 57.5 Å². The number of carbonyl (C=O) groups is 1. The fourth-order valence-electron chi connectivity index (χ4n) is 3.62. The highest BCUT2D eigenvalue weighted by molar-refractivity contribution is 5.95. The Labute approximate surface area is 125 Å². The molecule has 1 amide bonds. The van der Waals surface area contributed by atoms with Gasteiger partial charge in [-0.15, -0.1) is 0 Å². The van der Waals surface area contributed by atoms with Crippen LogP contribution in [0, 0.1) is 12.8 Å². The first-order chi connectivity index (χ1) is 10.1. The molecule has 0 aromatic heterocycles. The maximum atomic E-state index is 12.4. The molecule has 1 heterocycles. The Bertz CT molecular complexity index is 530. The monoisotopic (exact) mass is 288 g/mol. The van der Waals surface area contributed by atoms with Crippen LogP contribution in [0.4, 0.5) is 5.69 Å². The third kappa shape index (κ3) is 3.21. The van der Waals surface area contributed by atoms with Gasteiger partial charge in [-0.3, -0.25) is 4.79 Å². The van der Waals surface area contributed by atoms with Gasteiger partial charge in [-0.05, 0) is 50.2 Å². The lowest BCUT2D eigenvalue weighted by molar-refractivity contribution is -0.119. The average molecular weight is 288 g/mol. The molecule has 0 spiro atoms. The van der Waals surface area contributed by atoms with E-state index in [9.17, 15) is 9.90 Å². The van der Waals surface area contributed by atoms with Gasteiger partial charge in [0.1, 0.15) is 5.75 Å². The van der Waals surface area contributed by atoms with Crippen LogP contribution in [-0.2, 0) is 4.79 Å². The number of carbonyl (C=O) groups excluding carboxylic acids is 1. The van der Waals surface area contributed by atoms with E-state index in [1.807, 2.05) is 19.1 Å². The molecule has 4 heteroatoms. The summed E-state index contributed by atoms with van der Waals surface area (Å²) in [5, 5.41) is 16.2. The van der Waals surface area contributed by atoms with E-state index in [2.05, 4.69) is 10.6 Å². The van der Waals surface area contributed by atoms with Gasteiger partial charge in [0.2, 0.25) is 5.91 Å². The number of phenolic OH excluding ortho intramolecular Hbond substituents is 1. The summed E-state index contributed by atoms with van der Waals surface area (Å²) in [5.41, 5.74) is 1.48. The molecule has 3 rings (SSSR count). The van der Waals surface area contributed by atoms with Gasteiger partial charge in [0, 0.05) is 17.8 Å². The molecular formula is C17H24N2O2. The molecule has 0 bridgehead atoms. The minimum atomic E-state index is -0.104. The second kappa shape index (κ2) is 6.06. The Morgan fingerprint density at radius 3 is 2.86 bits per heavy atom. The van der Waals surface area contributed by atoms with E-state index in [1.54, 1.807) is 6.07 Å². The molecule has 1 aliphatic heterocycles. The van der Waals surface area contributed by atoms with Crippen molar-refractivity contribution in [3.63, 3.8) is 0 Å². The topological polar surface area (TPSA) is 61.4 Å². The molecule has 2 fully saturated rings. The maximum Gasteiger partial charge on any atom is 0.241 e. The van der Waals surface area contributed by atoms with E-state index in [-0.39, 0.29) is 17.7 Å². The lowest BCUT2D eigenvalue weighted by Gasteiger charge is -2.39. The molecule has 21 heavy (non-hydrogen) atoms. The number of rotatable bonds is 2. The fourth-order valence-corrected chi connectivity index (χ4v) is 3.62. The highest BCUT2D eigenvalue weighted by Gasteiger charge is 2.34. The SMILES string of the molecule is Cc1ccc(NC(=O)C2CCC3CCCCC3N2)cc1O. The van der Waals surface area contributed by atoms with Crippen LogP contribution in [0.25, 0.3) is 0 Å². The summed E-state index contributed by atoms with van der Waals surface area (Å²) >= 11 is 0. The first-order valence-electron chi connectivity index (χ1n) is 8.00. The molecule has 1 aromatic carbocycles. The molecule has 1 saturated heterocycles. The average Bonchev–Trinajstić information content (AvgIpc) is 2.50. The zero-order valence-electron chi connectivity index (χ0n) is 12.6. The van der Waals surface area contributed by atoms with Crippen LogP contribution in [-0.4, -0.2) is 23.1 Å². The molecule has 3 atom stereocenters. The van der Waals surface area contributed by atoms with Gasteiger partial charge in [0.05, 0.1) is 6.04 Å². The summed E-state index contributed by atoms with van der Waals surface area (Å²) in [4.78, 5) is 12.4. The first-order valence-corrected chi connectivity index (χ1v) is 8.00. The Morgan fingerprint density at radius 1 is 1.24 bits per heavy atom. The number of benzene rings is 1. The van der Waals surface area contributed by atoms with E-state index in [0.29, 0.717) is 11.7 Å². The molecule has 2 aliphatic rings. The van der Waals surface area contributed by atoms with Crippen molar-refractivity contribution >= 4 is 11.6 Å². The summed E-state index contributed by atoms with van der Waals surface area (Å²) in [6, 6.07) is 5.66. The summed E-state index contributed by atoms with van der Waals surface area (Å²) in [7, 11) is 0.